The summed E-state index contributed by atoms with van der Waals surface area (Å²) in [5, 5.41) is 5.86. The molecule has 0 radical (unpaired) electrons. The van der Waals surface area contributed by atoms with Crippen molar-refractivity contribution >= 4 is 28.1 Å². The Morgan fingerprint density at radius 2 is 2.11 bits per heavy atom. The van der Waals surface area contributed by atoms with Gasteiger partial charge in [0.1, 0.15) is 0 Å². The zero-order valence-electron chi connectivity index (χ0n) is 9.54. The van der Waals surface area contributed by atoms with E-state index in [9.17, 15) is 4.79 Å². The molecule has 1 amide bonds. The zero-order valence-corrected chi connectivity index (χ0v) is 10.4. The van der Waals surface area contributed by atoms with E-state index in [2.05, 4.69) is 10.3 Å². The minimum atomic E-state index is 0.000237. The van der Waals surface area contributed by atoms with Gasteiger partial charge in [0, 0.05) is 29.0 Å². The normalized spacial score (nSPS) is 14.8. The number of rotatable bonds is 3. The fourth-order valence-corrected chi connectivity index (χ4v) is 2.41. The monoisotopic (exact) mass is 257 g/mol. The maximum atomic E-state index is 11.9. The van der Waals surface area contributed by atoms with E-state index >= 15 is 0 Å². The SMILES string of the molecule is O=C1C=C(Nc2nccs2)CN1c1ccccc1. The largest absolute Gasteiger partial charge is 0.333 e. The molecule has 0 atom stereocenters. The van der Waals surface area contributed by atoms with Crippen LogP contribution in [-0.2, 0) is 4.79 Å². The van der Waals surface area contributed by atoms with E-state index in [0.29, 0.717) is 6.54 Å². The molecule has 1 aromatic heterocycles. The number of amides is 1. The average Bonchev–Trinajstić information content (AvgIpc) is 3.01. The van der Waals surface area contributed by atoms with E-state index in [0.717, 1.165) is 16.5 Å². The van der Waals surface area contributed by atoms with E-state index in [1.165, 1.54) is 11.3 Å². The van der Waals surface area contributed by atoms with E-state index < -0.39 is 0 Å². The minimum Gasteiger partial charge on any atom is -0.333 e. The fourth-order valence-electron chi connectivity index (χ4n) is 1.85. The van der Waals surface area contributed by atoms with Crippen molar-refractivity contribution in [2.75, 3.05) is 16.8 Å². The smallest absolute Gasteiger partial charge is 0.253 e. The van der Waals surface area contributed by atoms with Gasteiger partial charge in [0.2, 0.25) is 0 Å². The first-order chi connectivity index (χ1) is 8.83. The van der Waals surface area contributed by atoms with Gasteiger partial charge in [0.15, 0.2) is 5.13 Å². The molecule has 1 aliphatic heterocycles. The van der Waals surface area contributed by atoms with Gasteiger partial charge in [-0.2, -0.15) is 0 Å². The maximum Gasteiger partial charge on any atom is 0.253 e. The lowest BCUT2D eigenvalue weighted by molar-refractivity contribution is -0.113. The highest BCUT2D eigenvalue weighted by Crippen LogP contribution is 2.22. The van der Waals surface area contributed by atoms with Crippen molar-refractivity contribution in [2.24, 2.45) is 0 Å². The van der Waals surface area contributed by atoms with Crippen LogP contribution in [-0.4, -0.2) is 17.4 Å². The van der Waals surface area contributed by atoms with Crippen LogP contribution in [0.25, 0.3) is 0 Å². The van der Waals surface area contributed by atoms with Gasteiger partial charge in [-0.25, -0.2) is 4.98 Å². The number of anilines is 2. The number of hydrogen-bond donors (Lipinski definition) is 1. The summed E-state index contributed by atoms with van der Waals surface area (Å²) in [7, 11) is 0. The lowest BCUT2D eigenvalue weighted by Gasteiger charge is -2.16. The second-order valence-corrected chi connectivity index (χ2v) is 4.79. The van der Waals surface area contributed by atoms with Crippen molar-refractivity contribution in [2.45, 2.75) is 0 Å². The first kappa shape index (κ1) is 11.0. The van der Waals surface area contributed by atoms with Crippen LogP contribution in [0.5, 0.6) is 0 Å². The molecule has 5 heteroatoms. The fraction of sp³-hybridized carbons (Fsp3) is 0.0769. The first-order valence-electron chi connectivity index (χ1n) is 5.56. The lowest BCUT2D eigenvalue weighted by atomic mass is 10.3. The molecule has 0 spiro atoms. The van der Waals surface area contributed by atoms with Gasteiger partial charge in [-0.3, -0.25) is 4.79 Å². The Labute approximate surface area is 109 Å². The molecule has 18 heavy (non-hydrogen) atoms. The van der Waals surface area contributed by atoms with Crippen molar-refractivity contribution in [1.29, 1.82) is 0 Å². The summed E-state index contributed by atoms with van der Waals surface area (Å²) in [6.07, 6.45) is 3.35. The molecular weight excluding hydrogens is 246 g/mol. The zero-order chi connectivity index (χ0) is 12.4. The van der Waals surface area contributed by atoms with Crippen LogP contribution in [0.1, 0.15) is 0 Å². The highest BCUT2D eigenvalue weighted by Gasteiger charge is 2.22. The number of carbonyl (C=O) groups is 1. The topological polar surface area (TPSA) is 45.2 Å². The summed E-state index contributed by atoms with van der Waals surface area (Å²) in [5.41, 5.74) is 1.79. The third kappa shape index (κ3) is 2.12. The molecule has 3 rings (SSSR count). The highest BCUT2D eigenvalue weighted by molar-refractivity contribution is 7.13. The second-order valence-electron chi connectivity index (χ2n) is 3.89. The Hall–Kier alpha value is -2.14. The van der Waals surface area contributed by atoms with Crippen LogP contribution >= 0.6 is 11.3 Å². The predicted molar refractivity (Wildman–Crippen MR) is 72.6 cm³/mol. The molecule has 2 aromatic rings. The third-order valence-electron chi connectivity index (χ3n) is 2.66. The Morgan fingerprint density at radius 3 is 2.83 bits per heavy atom. The first-order valence-corrected chi connectivity index (χ1v) is 6.44. The average molecular weight is 257 g/mol. The number of benzene rings is 1. The molecule has 1 aromatic carbocycles. The van der Waals surface area contributed by atoms with Gasteiger partial charge >= 0.3 is 0 Å². The van der Waals surface area contributed by atoms with E-state index in [4.69, 9.17) is 0 Å². The van der Waals surface area contributed by atoms with Gasteiger partial charge < -0.3 is 10.2 Å². The van der Waals surface area contributed by atoms with Crippen LogP contribution in [0.2, 0.25) is 0 Å². The van der Waals surface area contributed by atoms with Crippen molar-refractivity contribution in [3.05, 3.63) is 53.7 Å². The number of nitrogens with zero attached hydrogens (tertiary/aromatic N) is 2. The molecule has 0 unspecified atom stereocenters. The summed E-state index contributed by atoms with van der Waals surface area (Å²) in [6.45, 7) is 0.558. The van der Waals surface area contributed by atoms with Gasteiger partial charge in [0.25, 0.3) is 5.91 Å². The van der Waals surface area contributed by atoms with Crippen molar-refractivity contribution < 1.29 is 4.79 Å². The molecule has 90 valence electrons. The van der Waals surface area contributed by atoms with Crippen LogP contribution in [0, 0.1) is 0 Å². The molecule has 2 heterocycles. The summed E-state index contributed by atoms with van der Waals surface area (Å²) < 4.78 is 0. The molecule has 1 aliphatic rings. The number of para-hydroxylation sites is 1. The number of aromatic nitrogens is 1. The van der Waals surface area contributed by atoms with Crippen LogP contribution < -0.4 is 10.2 Å². The lowest BCUT2D eigenvalue weighted by Crippen LogP contribution is -2.25. The molecule has 1 N–H and O–H groups in total. The van der Waals surface area contributed by atoms with E-state index in [1.807, 2.05) is 35.7 Å². The van der Waals surface area contributed by atoms with Gasteiger partial charge in [-0.05, 0) is 12.1 Å². The number of carbonyl (C=O) groups excluding carboxylic acids is 1. The number of hydrogen-bond acceptors (Lipinski definition) is 4. The second kappa shape index (κ2) is 4.62. The minimum absolute atomic E-state index is 0.000237. The van der Waals surface area contributed by atoms with Crippen LogP contribution in [0.4, 0.5) is 10.8 Å². The van der Waals surface area contributed by atoms with Crippen LogP contribution in [0.3, 0.4) is 0 Å². The van der Waals surface area contributed by atoms with Crippen molar-refractivity contribution in [1.82, 2.24) is 4.98 Å². The molecular formula is C13H11N3OS. The quantitative estimate of drug-likeness (QED) is 0.918. The molecule has 0 saturated carbocycles. The Balaban J connectivity index is 1.75. The molecule has 4 nitrogen and oxygen atoms in total. The standard InChI is InChI=1S/C13H11N3OS/c17-12-8-10(15-13-14-6-7-18-13)9-16(12)11-4-2-1-3-5-11/h1-8H,9H2,(H,14,15). The molecule has 0 aliphatic carbocycles. The Kier molecular flexibility index (Phi) is 2.82. The molecule has 0 fully saturated rings. The van der Waals surface area contributed by atoms with Crippen molar-refractivity contribution in [3.8, 4) is 0 Å². The van der Waals surface area contributed by atoms with Gasteiger partial charge in [-0.1, -0.05) is 18.2 Å². The number of nitrogens with one attached hydrogen (secondary N) is 1. The van der Waals surface area contributed by atoms with E-state index in [-0.39, 0.29) is 5.91 Å². The van der Waals surface area contributed by atoms with E-state index in [1.54, 1.807) is 17.2 Å². The van der Waals surface area contributed by atoms with Crippen molar-refractivity contribution in [3.63, 3.8) is 0 Å². The molecule has 0 saturated heterocycles. The Morgan fingerprint density at radius 1 is 1.28 bits per heavy atom. The summed E-state index contributed by atoms with van der Waals surface area (Å²) >= 11 is 1.52. The Bertz CT molecular complexity index is 578. The van der Waals surface area contributed by atoms with Gasteiger partial charge in [-0.15, -0.1) is 11.3 Å². The maximum absolute atomic E-state index is 11.9. The molecule has 0 bridgehead atoms. The highest BCUT2D eigenvalue weighted by atomic mass is 32.1. The number of thiazole rings is 1. The predicted octanol–water partition coefficient (Wildman–Crippen LogP) is 2.49. The summed E-state index contributed by atoms with van der Waals surface area (Å²) in [5.74, 6) is 0.000237. The summed E-state index contributed by atoms with van der Waals surface area (Å²) in [6, 6.07) is 9.64. The third-order valence-corrected chi connectivity index (χ3v) is 3.35. The van der Waals surface area contributed by atoms with Gasteiger partial charge in [0.05, 0.1) is 6.54 Å². The summed E-state index contributed by atoms with van der Waals surface area (Å²) in [4.78, 5) is 17.8. The van der Waals surface area contributed by atoms with Crippen LogP contribution in [0.15, 0.2) is 53.7 Å².